The van der Waals surface area contributed by atoms with E-state index in [0.717, 1.165) is 0 Å². The summed E-state index contributed by atoms with van der Waals surface area (Å²) < 4.78 is 7.35. The Morgan fingerprint density at radius 2 is 2.20 bits per heavy atom. The van der Waals surface area contributed by atoms with Crippen molar-refractivity contribution in [3.05, 3.63) is 10.9 Å². The molecule has 3 nitrogen and oxygen atoms in total. The Bertz CT molecular complexity index is 272. The van der Waals surface area contributed by atoms with Crippen molar-refractivity contribution in [2.45, 2.75) is 14.8 Å². The zero-order valence-corrected chi connectivity index (χ0v) is 9.96. The first-order valence-corrected chi connectivity index (χ1v) is 13.3. The number of hydrogen-bond donors (Lipinski definition) is 0. The summed E-state index contributed by atoms with van der Waals surface area (Å²) in [6.07, 6.45) is 1.58. The molecule has 0 saturated carbocycles. The van der Waals surface area contributed by atoms with Gasteiger partial charge >= 0.3 is 69.3 Å². The molecule has 1 heterocycles. The van der Waals surface area contributed by atoms with Gasteiger partial charge in [0.25, 0.3) is 0 Å². The van der Waals surface area contributed by atoms with Crippen molar-refractivity contribution in [1.82, 2.24) is 8.17 Å². The predicted molar refractivity (Wildman–Crippen MR) is 44.1 cm³/mol. The zero-order valence-electron chi connectivity index (χ0n) is 6.29. The molecule has 0 aromatic carbocycles. The molecule has 0 aliphatic rings. The fraction of sp³-hybridized carbons (Fsp3) is 0.600. The van der Waals surface area contributed by atoms with Gasteiger partial charge in [-0.25, -0.2) is 0 Å². The van der Waals surface area contributed by atoms with Crippen molar-refractivity contribution in [2.24, 2.45) is 0 Å². The first-order valence-electron chi connectivity index (χ1n) is 3.06. The first-order chi connectivity index (χ1) is 4.50. The molecule has 0 unspecified atom stereocenters. The van der Waals surface area contributed by atoms with Crippen LogP contribution >= 0.6 is 12.2 Å². The van der Waals surface area contributed by atoms with E-state index in [1.165, 1.54) is 0 Å². The Hall–Kier alpha value is 0.159. The van der Waals surface area contributed by atoms with Gasteiger partial charge in [-0.2, -0.15) is 0 Å². The van der Waals surface area contributed by atoms with Crippen LogP contribution in [0.1, 0.15) is 0 Å². The van der Waals surface area contributed by atoms with Crippen molar-refractivity contribution in [1.29, 1.82) is 0 Å². The Morgan fingerprint density at radius 1 is 1.60 bits per heavy atom. The van der Waals surface area contributed by atoms with E-state index in [1.54, 1.807) is 9.27 Å². The van der Waals surface area contributed by atoms with Crippen molar-refractivity contribution in [3.63, 3.8) is 0 Å². The summed E-state index contributed by atoms with van der Waals surface area (Å²) in [7, 11) is 0. The third-order valence-corrected chi connectivity index (χ3v) is 5.06. The zero-order chi connectivity index (χ0) is 7.78. The molecule has 1 aromatic heterocycles. The van der Waals surface area contributed by atoms with Crippen LogP contribution in [0.5, 0.6) is 0 Å². The van der Waals surface area contributed by atoms with Gasteiger partial charge in [0.05, 0.1) is 0 Å². The van der Waals surface area contributed by atoms with E-state index in [9.17, 15) is 0 Å². The predicted octanol–water partition coefficient (Wildman–Crippen LogP) is 1.89. The first kappa shape index (κ1) is 8.26. The van der Waals surface area contributed by atoms with Crippen LogP contribution in [0.2, 0.25) is 14.8 Å². The van der Waals surface area contributed by atoms with Gasteiger partial charge in [-0.3, -0.25) is 0 Å². The van der Waals surface area contributed by atoms with Gasteiger partial charge in [-0.05, 0) is 0 Å². The maximum absolute atomic E-state index is 5.16. The van der Waals surface area contributed by atoms with E-state index in [2.05, 4.69) is 19.9 Å². The van der Waals surface area contributed by atoms with Gasteiger partial charge in [0.2, 0.25) is 0 Å². The van der Waals surface area contributed by atoms with Crippen molar-refractivity contribution in [3.8, 4) is 0 Å². The van der Waals surface area contributed by atoms with Crippen molar-refractivity contribution in [2.75, 3.05) is 0 Å². The van der Waals surface area contributed by atoms with Gasteiger partial charge in [0.15, 0.2) is 0 Å². The molecule has 0 aliphatic heterocycles. The van der Waals surface area contributed by atoms with E-state index in [0.29, 0.717) is 4.71 Å². The third-order valence-electron chi connectivity index (χ3n) is 1.02. The van der Waals surface area contributed by atoms with Crippen LogP contribution in [0.4, 0.5) is 0 Å². The normalized spacial score (nSPS) is 11.9. The Morgan fingerprint density at radius 3 is 2.40 bits per heavy atom. The molecule has 0 fully saturated rings. The molecule has 0 aliphatic carbocycles. The molecule has 0 bridgehead atoms. The van der Waals surface area contributed by atoms with Crippen LogP contribution in [0.15, 0.2) is 10.7 Å². The SMILES string of the molecule is [CH3][Sn]([CH3])([CH3])[n]1ncc(=S)o1. The fourth-order valence-corrected chi connectivity index (χ4v) is 3.06. The minimum atomic E-state index is -2.12. The molecule has 0 atom stereocenters. The molecule has 1 rings (SSSR count). The van der Waals surface area contributed by atoms with E-state index < -0.39 is 18.7 Å². The molecule has 0 amide bonds. The van der Waals surface area contributed by atoms with Crippen molar-refractivity contribution >= 4 is 30.9 Å². The quantitative estimate of drug-likeness (QED) is 0.573. The van der Waals surface area contributed by atoms with Crippen LogP contribution in [0.25, 0.3) is 0 Å². The molecule has 0 N–H and O–H groups in total. The Kier molecular flexibility index (Phi) is 2.19. The summed E-state index contributed by atoms with van der Waals surface area (Å²) in [6, 6.07) is 0. The van der Waals surface area contributed by atoms with Gasteiger partial charge in [0.1, 0.15) is 0 Å². The summed E-state index contributed by atoms with van der Waals surface area (Å²) in [6.45, 7) is 0. The topological polar surface area (TPSA) is 31.0 Å². The van der Waals surface area contributed by atoms with Gasteiger partial charge in [-0.15, -0.1) is 0 Å². The summed E-state index contributed by atoms with van der Waals surface area (Å²) in [4.78, 5) is 6.62. The molecule has 5 heteroatoms. The molecule has 1 aromatic rings. The van der Waals surface area contributed by atoms with E-state index >= 15 is 0 Å². The fourth-order valence-electron chi connectivity index (χ4n) is 0.542. The van der Waals surface area contributed by atoms with Crippen LogP contribution in [-0.2, 0) is 0 Å². The number of hydrogen-bond acceptors (Lipinski definition) is 3. The summed E-state index contributed by atoms with van der Waals surface area (Å²) in [5.41, 5.74) is 0. The Labute approximate surface area is 69.2 Å². The molecule has 10 heavy (non-hydrogen) atoms. The average Bonchev–Trinajstić information content (AvgIpc) is 2.11. The number of rotatable bonds is 1. The molecular formula is C5H10N2OSSn. The molecule has 0 saturated heterocycles. The molecule has 56 valence electrons. The van der Waals surface area contributed by atoms with Crippen LogP contribution in [0, 0.1) is 4.71 Å². The van der Waals surface area contributed by atoms with E-state index in [-0.39, 0.29) is 0 Å². The molecule has 0 spiro atoms. The van der Waals surface area contributed by atoms with Gasteiger partial charge < -0.3 is 0 Å². The summed E-state index contributed by atoms with van der Waals surface area (Å²) >= 11 is 2.67. The monoisotopic (exact) mass is 266 g/mol. The second-order valence-corrected chi connectivity index (χ2v) is 17.0. The maximum atomic E-state index is 5.16. The van der Waals surface area contributed by atoms with Crippen molar-refractivity contribution < 1.29 is 4.52 Å². The van der Waals surface area contributed by atoms with Crippen LogP contribution in [0.3, 0.4) is 0 Å². The van der Waals surface area contributed by atoms with Crippen LogP contribution in [-0.4, -0.2) is 26.8 Å². The number of nitrogens with zero attached hydrogens (tertiary/aromatic N) is 2. The van der Waals surface area contributed by atoms with Crippen LogP contribution < -0.4 is 0 Å². The Balaban J connectivity index is 3.07. The minimum absolute atomic E-state index is 0.478. The summed E-state index contributed by atoms with van der Waals surface area (Å²) in [5.74, 6) is 0. The number of aromatic nitrogens is 2. The third kappa shape index (κ3) is 1.82. The van der Waals surface area contributed by atoms with E-state index in [4.69, 9.17) is 16.7 Å². The van der Waals surface area contributed by atoms with E-state index in [1.807, 2.05) is 0 Å². The second kappa shape index (κ2) is 2.65. The molecule has 0 radical (unpaired) electrons. The molecular weight excluding hydrogens is 255 g/mol. The standard InChI is InChI=1S/C2H2N2OS.3CH3.Sn/c6-2-1-3-4-5-2;;;;/h1H,(H,4,6);3*1H3;/q;;;;+1/p-1. The summed E-state index contributed by atoms with van der Waals surface area (Å²) in [5, 5.41) is 4.03. The second-order valence-electron chi connectivity index (χ2n) is 3.10. The van der Waals surface area contributed by atoms with Gasteiger partial charge in [0, 0.05) is 0 Å². The van der Waals surface area contributed by atoms with Gasteiger partial charge in [-0.1, -0.05) is 0 Å². The average molecular weight is 265 g/mol.